The van der Waals surface area contributed by atoms with Crippen LogP contribution < -0.4 is 0 Å². The van der Waals surface area contributed by atoms with E-state index in [1.54, 1.807) is 30.4 Å². The van der Waals surface area contributed by atoms with Crippen molar-refractivity contribution in [1.29, 1.82) is 0 Å². The van der Waals surface area contributed by atoms with Crippen LogP contribution in [0.4, 0.5) is 0 Å². The first kappa shape index (κ1) is 18.0. The molecule has 0 radical (unpaired) electrons. The molecule has 0 bridgehead atoms. The fraction of sp³-hybridized carbons (Fsp3) is 0.667. The van der Waals surface area contributed by atoms with Crippen LogP contribution >= 0.6 is 0 Å². The summed E-state index contributed by atoms with van der Waals surface area (Å²) >= 11 is 0. The van der Waals surface area contributed by atoms with Crippen LogP contribution in [0.25, 0.3) is 0 Å². The van der Waals surface area contributed by atoms with Gasteiger partial charge in [0.15, 0.2) is 0 Å². The molecule has 7 nitrogen and oxygen atoms in total. The summed E-state index contributed by atoms with van der Waals surface area (Å²) in [4.78, 5) is 14.5. The zero-order valence-corrected chi connectivity index (χ0v) is 15.0. The van der Waals surface area contributed by atoms with Gasteiger partial charge in [-0.3, -0.25) is 4.79 Å². The minimum Gasteiger partial charge on any atom is -0.375 e. The Kier molecular flexibility index (Phi) is 5.49. The summed E-state index contributed by atoms with van der Waals surface area (Å²) in [6.07, 6.45) is 1.50. The first-order chi connectivity index (χ1) is 10.8. The lowest BCUT2D eigenvalue weighted by Crippen LogP contribution is -2.45. The van der Waals surface area contributed by atoms with Crippen molar-refractivity contribution >= 4 is 15.9 Å². The van der Waals surface area contributed by atoms with E-state index in [4.69, 9.17) is 4.74 Å². The van der Waals surface area contributed by atoms with Gasteiger partial charge in [-0.05, 0) is 13.0 Å². The molecule has 8 heteroatoms. The van der Waals surface area contributed by atoms with E-state index in [0.29, 0.717) is 38.5 Å². The van der Waals surface area contributed by atoms with E-state index in [1.165, 1.54) is 16.6 Å². The van der Waals surface area contributed by atoms with Crippen LogP contribution in [0.2, 0.25) is 0 Å². The number of aromatic nitrogens is 1. The SMILES string of the molecule is CCN(CC)S(=O)(=O)c1cc(C(=O)N2CCO[C@H](C)C2)n(C)c1. The third kappa shape index (κ3) is 3.59. The number of hydrogen-bond donors (Lipinski definition) is 0. The fourth-order valence-corrected chi connectivity index (χ4v) is 4.30. The van der Waals surface area contributed by atoms with Crippen molar-refractivity contribution in [3.05, 3.63) is 18.0 Å². The van der Waals surface area contributed by atoms with Crippen LogP contribution in [0.3, 0.4) is 0 Å². The predicted molar refractivity (Wildman–Crippen MR) is 86.8 cm³/mol. The smallest absolute Gasteiger partial charge is 0.270 e. The minimum absolute atomic E-state index is 0.00755. The third-order valence-corrected chi connectivity index (χ3v) is 6.09. The quantitative estimate of drug-likeness (QED) is 0.797. The number of hydrogen-bond acceptors (Lipinski definition) is 4. The molecular weight excluding hydrogens is 318 g/mol. The highest BCUT2D eigenvalue weighted by molar-refractivity contribution is 7.89. The molecule has 0 aliphatic carbocycles. The summed E-state index contributed by atoms with van der Waals surface area (Å²) < 4.78 is 33.6. The topological polar surface area (TPSA) is 71.8 Å². The Hall–Kier alpha value is -1.38. The number of carbonyl (C=O) groups excluding carboxylic acids is 1. The van der Waals surface area contributed by atoms with Gasteiger partial charge in [0.05, 0.1) is 12.7 Å². The molecule has 0 spiro atoms. The van der Waals surface area contributed by atoms with Crippen LogP contribution in [-0.2, 0) is 21.8 Å². The average Bonchev–Trinajstić information content (AvgIpc) is 2.90. The molecule has 1 aromatic rings. The van der Waals surface area contributed by atoms with Gasteiger partial charge < -0.3 is 14.2 Å². The van der Waals surface area contributed by atoms with Gasteiger partial charge >= 0.3 is 0 Å². The largest absolute Gasteiger partial charge is 0.375 e. The second-order valence-electron chi connectivity index (χ2n) is 5.69. The predicted octanol–water partition coefficient (Wildman–Crippen LogP) is 0.917. The van der Waals surface area contributed by atoms with E-state index in [9.17, 15) is 13.2 Å². The van der Waals surface area contributed by atoms with E-state index in [1.807, 2.05) is 6.92 Å². The van der Waals surface area contributed by atoms with Crippen molar-refractivity contribution < 1.29 is 17.9 Å². The van der Waals surface area contributed by atoms with Crippen LogP contribution in [-0.4, -0.2) is 67.0 Å². The summed E-state index contributed by atoms with van der Waals surface area (Å²) in [7, 11) is -1.87. The molecule has 1 aromatic heterocycles. The van der Waals surface area contributed by atoms with Gasteiger partial charge in [-0.2, -0.15) is 4.31 Å². The molecule has 1 atom stereocenters. The van der Waals surface area contributed by atoms with Gasteiger partial charge in [0, 0.05) is 39.4 Å². The van der Waals surface area contributed by atoms with Crippen molar-refractivity contribution in [3.63, 3.8) is 0 Å². The van der Waals surface area contributed by atoms with Crippen molar-refractivity contribution in [2.24, 2.45) is 7.05 Å². The first-order valence-electron chi connectivity index (χ1n) is 7.88. The van der Waals surface area contributed by atoms with Gasteiger partial charge in [0.1, 0.15) is 10.6 Å². The summed E-state index contributed by atoms with van der Waals surface area (Å²) in [5, 5.41) is 0. The van der Waals surface area contributed by atoms with Crippen LogP contribution in [0, 0.1) is 0 Å². The molecule has 2 heterocycles. The number of amides is 1. The lowest BCUT2D eigenvalue weighted by Gasteiger charge is -2.31. The van der Waals surface area contributed by atoms with Crippen molar-refractivity contribution in [2.45, 2.75) is 31.8 Å². The second kappa shape index (κ2) is 7.02. The van der Waals surface area contributed by atoms with Crippen molar-refractivity contribution in [2.75, 3.05) is 32.8 Å². The maximum Gasteiger partial charge on any atom is 0.270 e. The molecule has 2 rings (SSSR count). The molecule has 1 amide bonds. The van der Waals surface area contributed by atoms with E-state index < -0.39 is 10.0 Å². The number of sulfonamides is 1. The maximum absolute atomic E-state index is 12.7. The lowest BCUT2D eigenvalue weighted by molar-refractivity contribution is -0.0127. The monoisotopic (exact) mass is 343 g/mol. The lowest BCUT2D eigenvalue weighted by atomic mass is 10.2. The molecule has 0 saturated carbocycles. The van der Waals surface area contributed by atoms with Crippen LogP contribution in [0.15, 0.2) is 17.2 Å². The van der Waals surface area contributed by atoms with Crippen LogP contribution in [0.5, 0.6) is 0 Å². The number of morpholine rings is 1. The standard InChI is InChI=1S/C15H25N3O4S/c1-5-18(6-2)23(20,21)13-9-14(16(4)11-13)15(19)17-7-8-22-12(3)10-17/h9,11-12H,5-8,10H2,1-4H3/t12-/m1/s1. The zero-order valence-electron chi connectivity index (χ0n) is 14.2. The van der Waals surface area contributed by atoms with Gasteiger partial charge in [-0.25, -0.2) is 8.42 Å². The molecule has 0 unspecified atom stereocenters. The van der Waals surface area contributed by atoms with E-state index in [-0.39, 0.29) is 16.9 Å². The second-order valence-corrected chi connectivity index (χ2v) is 7.63. The van der Waals surface area contributed by atoms with Crippen LogP contribution in [0.1, 0.15) is 31.3 Å². The Morgan fingerprint density at radius 2 is 2.04 bits per heavy atom. The van der Waals surface area contributed by atoms with Gasteiger partial charge in [0.2, 0.25) is 10.0 Å². The summed E-state index contributed by atoms with van der Waals surface area (Å²) in [5.41, 5.74) is 0.379. The maximum atomic E-state index is 12.7. The molecule has 23 heavy (non-hydrogen) atoms. The fourth-order valence-electron chi connectivity index (χ4n) is 2.77. The molecular formula is C15H25N3O4S. The third-order valence-electron chi connectivity index (χ3n) is 4.07. The van der Waals surface area contributed by atoms with E-state index in [2.05, 4.69) is 0 Å². The minimum atomic E-state index is -3.56. The molecule has 0 N–H and O–H groups in total. The first-order valence-corrected chi connectivity index (χ1v) is 9.32. The molecule has 1 aliphatic rings. The number of nitrogens with zero attached hydrogens (tertiary/aromatic N) is 3. The molecule has 1 aliphatic heterocycles. The number of carbonyl (C=O) groups is 1. The Bertz CT molecular complexity index is 664. The number of ether oxygens (including phenoxy) is 1. The highest BCUT2D eigenvalue weighted by atomic mass is 32.2. The number of rotatable bonds is 5. The van der Waals surface area contributed by atoms with Gasteiger partial charge in [-0.15, -0.1) is 0 Å². The van der Waals surface area contributed by atoms with Gasteiger partial charge in [-0.1, -0.05) is 13.8 Å². The highest BCUT2D eigenvalue weighted by Gasteiger charge is 2.28. The van der Waals surface area contributed by atoms with Crippen molar-refractivity contribution in [1.82, 2.24) is 13.8 Å². The Balaban J connectivity index is 2.29. The number of aryl methyl sites for hydroxylation is 1. The Labute approximate surface area is 137 Å². The van der Waals surface area contributed by atoms with Crippen molar-refractivity contribution in [3.8, 4) is 0 Å². The summed E-state index contributed by atoms with van der Waals surface area (Å²) in [5.74, 6) is -0.163. The van der Waals surface area contributed by atoms with Gasteiger partial charge in [0.25, 0.3) is 5.91 Å². The normalized spacial score (nSPS) is 19.3. The Morgan fingerprint density at radius 3 is 2.61 bits per heavy atom. The Morgan fingerprint density at radius 1 is 1.39 bits per heavy atom. The summed E-state index contributed by atoms with van der Waals surface area (Å²) in [6.45, 7) is 7.85. The zero-order chi connectivity index (χ0) is 17.2. The van der Waals surface area contributed by atoms with E-state index in [0.717, 1.165) is 0 Å². The van der Waals surface area contributed by atoms with E-state index >= 15 is 0 Å². The average molecular weight is 343 g/mol. The molecule has 1 fully saturated rings. The summed E-state index contributed by atoms with van der Waals surface area (Å²) in [6, 6.07) is 1.47. The highest BCUT2D eigenvalue weighted by Crippen LogP contribution is 2.20. The molecule has 130 valence electrons. The molecule has 1 saturated heterocycles. The molecule has 0 aromatic carbocycles.